The normalized spacial score (nSPS) is 12.4. The lowest BCUT2D eigenvalue weighted by atomic mass is 10.0. The van der Waals surface area contributed by atoms with Crippen LogP contribution in [0.2, 0.25) is 5.02 Å². The molecule has 0 aromatic heterocycles. The van der Waals surface area contributed by atoms with E-state index in [0.29, 0.717) is 36.8 Å². The lowest BCUT2D eigenvalue weighted by Crippen LogP contribution is -2.52. The van der Waals surface area contributed by atoms with Crippen molar-refractivity contribution in [3.8, 4) is 5.75 Å². The van der Waals surface area contributed by atoms with Crippen LogP contribution in [-0.4, -0.2) is 35.4 Å². The fourth-order valence-electron chi connectivity index (χ4n) is 3.91. The van der Waals surface area contributed by atoms with E-state index in [2.05, 4.69) is 21.2 Å². The first-order valence-electron chi connectivity index (χ1n) is 12.6. The van der Waals surface area contributed by atoms with Gasteiger partial charge in [0.2, 0.25) is 11.8 Å². The van der Waals surface area contributed by atoms with E-state index in [0.717, 1.165) is 22.0 Å². The van der Waals surface area contributed by atoms with Crippen LogP contribution in [0.1, 0.15) is 44.2 Å². The van der Waals surface area contributed by atoms with Crippen LogP contribution >= 0.6 is 27.5 Å². The minimum atomic E-state index is -0.639. The number of hydrogen-bond donors (Lipinski definition) is 1. The number of benzene rings is 3. The van der Waals surface area contributed by atoms with Crippen molar-refractivity contribution in [2.24, 2.45) is 0 Å². The topological polar surface area (TPSA) is 58.6 Å². The first-order chi connectivity index (χ1) is 17.9. The summed E-state index contributed by atoms with van der Waals surface area (Å²) in [4.78, 5) is 28.9. The van der Waals surface area contributed by atoms with E-state index in [1.54, 1.807) is 29.2 Å². The van der Waals surface area contributed by atoms with Gasteiger partial charge in [-0.25, -0.2) is 0 Å². The molecule has 0 spiro atoms. The molecule has 3 rings (SSSR count). The second-order valence-corrected chi connectivity index (χ2v) is 10.4. The molecular formula is C30H34BrClN2O3. The summed E-state index contributed by atoms with van der Waals surface area (Å²) in [6, 6.07) is 24.2. The largest absolute Gasteiger partial charge is 0.494 e. The zero-order valence-electron chi connectivity index (χ0n) is 21.3. The van der Waals surface area contributed by atoms with Crippen LogP contribution in [0.4, 0.5) is 0 Å². The Hall–Kier alpha value is -2.83. The molecule has 0 unspecified atom stereocenters. The van der Waals surface area contributed by atoms with Gasteiger partial charge >= 0.3 is 0 Å². The minimum absolute atomic E-state index is 0.0152. The van der Waals surface area contributed by atoms with Crippen molar-refractivity contribution >= 4 is 39.3 Å². The van der Waals surface area contributed by atoms with Crippen molar-refractivity contribution in [1.29, 1.82) is 0 Å². The predicted octanol–water partition coefficient (Wildman–Crippen LogP) is 6.82. The van der Waals surface area contributed by atoms with Crippen molar-refractivity contribution in [2.45, 2.75) is 58.2 Å². The molecule has 196 valence electrons. The van der Waals surface area contributed by atoms with Gasteiger partial charge in [0.05, 0.1) is 6.61 Å². The maximum Gasteiger partial charge on any atom is 0.243 e. The van der Waals surface area contributed by atoms with E-state index in [9.17, 15) is 9.59 Å². The summed E-state index contributed by atoms with van der Waals surface area (Å²) >= 11 is 9.46. The van der Waals surface area contributed by atoms with Crippen LogP contribution in [0, 0.1) is 0 Å². The number of hydrogen-bond acceptors (Lipinski definition) is 3. The van der Waals surface area contributed by atoms with Gasteiger partial charge in [-0.15, -0.1) is 0 Å². The summed E-state index contributed by atoms with van der Waals surface area (Å²) in [6.07, 6.45) is 2.04. The molecule has 0 radical (unpaired) electrons. The summed E-state index contributed by atoms with van der Waals surface area (Å²) in [5.41, 5.74) is 1.96. The average molecular weight is 586 g/mol. The number of nitrogens with zero attached hydrogens (tertiary/aromatic N) is 1. The third kappa shape index (κ3) is 9.52. The van der Waals surface area contributed by atoms with Crippen molar-refractivity contribution in [3.05, 3.63) is 99.5 Å². The van der Waals surface area contributed by atoms with Crippen molar-refractivity contribution in [3.63, 3.8) is 0 Å². The summed E-state index contributed by atoms with van der Waals surface area (Å²) in [6.45, 7) is 4.73. The molecule has 3 aromatic carbocycles. The standard InChI is InChI=1S/C30H34BrClN2O3/c1-3-22(2)33-30(36)28(20-23-9-5-4-6-10-23)34(21-24-11-7-12-25(31)19-24)29(35)13-8-18-37-27-16-14-26(32)15-17-27/h4-7,9-12,14-17,19,22,28H,3,8,13,18,20-21H2,1-2H3,(H,33,36)/t22-,28-/m1/s1. The van der Waals surface area contributed by atoms with Crippen LogP contribution in [-0.2, 0) is 22.6 Å². The van der Waals surface area contributed by atoms with Gasteiger partial charge < -0.3 is 15.0 Å². The van der Waals surface area contributed by atoms with Gasteiger partial charge in [-0.1, -0.05) is 76.9 Å². The number of halogens is 2. The van der Waals surface area contributed by atoms with Crippen molar-refractivity contribution in [1.82, 2.24) is 10.2 Å². The van der Waals surface area contributed by atoms with Crippen molar-refractivity contribution in [2.75, 3.05) is 6.61 Å². The lowest BCUT2D eigenvalue weighted by molar-refractivity contribution is -0.141. The smallest absolute Gasteiger partial charge is 0.243 e. The second kappa shape index (κ2) is 14.8. The highest BCUT2D eigenvalue weighted by Gasteiger charge is 2.30. The Labute approximate surface area is 233 Å². The highest BCUT2D eigenvalue weighted by atomic mass is 79.9. The number of amides is 2. The summed E-state index contributed by atoms with van der Waals surface area (Å²) in [5, 5.41) is 3.74. The van der Waals surface area contributed by atoms with Gasteiger partial charge in [-0.3, -0.25) is 9.59 Å². The Morgan fingerprint density at radius 1 is 1.00 bits per heavy atom. The lowest BCUT2D eigenvalue weighted by Gasteiger charge is -2.32. The quantitative estimate of drug-likeness (QED) is 0.224. The first kappa shape index (κ1) is 28.7. The first-order valence-corrected chi connectivity index (χ1v) is 13.8. The van der Waals surface area contributed by atoms with Gasteiger partial charge in [0.15, 0.2) is 0 Å². The molecule has 2 atom stereocenters. The average Bonchev–Trinajstić information content (AvgIpc) is 2.90. The van der Waals surface area contributed by atoms with Gasteiger partial charge in [-0.05, 0) is 67.3 Å². The molecule has 0 aliphatic rings. The van der Waals surface area contributed by atoms with Gasteiger partial charge in [0.1, 0.15) is 11.8 Å². The molecule has 1 N–H and O–H groups in total. The molecular weight excluding hydrogens is 552 g/mol. The molecule has 37 heavy (non-hydrogen) atoms. The molecule has 0 aliphatic heterocycles. The third-order valence-corrected chi connectivity index (χ3v) is 6.88. The third-order valence-electron chi connectivity index (χ3n) is 6.13. The van der Waals surface area contributed by atoms with E-state index < -0.39 is 6.04 Å². The van der Waals surface area contributed by atoms with Gasteiger partial charge in [-0.2, -0.15) is 0 Å². The monoisotopic (exact) mass is 584 g/mol. The SMILES string of the molecule is CC[C@@H](C)NC(=O)[C@@H](Cc1ccccc1)N(Cc1cccc(Br)c1)C(=O)CCCOc1ccc(Cl)cc1. The van der Waals surface area contributed by atoms with Crippen LogP contribution < -0.4 is 10.1 Å². The summed E-state index contributed by atoms with van der Waals surface area (Å²) in [7, 11) is 0. The molecule has 2 amide bonds. The fourth-order valence-corrected chi connectivity index (χ4v) is 4.49. The highest BCUT2D eigenvalue weighted by molar-refractivity contribution is 9.10. The minimum Gasteiger partial charge on any atom is -0.494 e. The van der Waals surface area contributed by atoms with Gasteiger partial charge in [0.25, 0.3) is 0 Å². The number of nitrogens with one attached hydrogen (secondary N) is 1. The van der Waals surface area contributed by atoms with Crippen LogP contribution in [0.15, 0.2) is 83.3 Å². The fraction of sp³-hybridized carbons (Fsp3) is 0.333. The number of ether oxygens (including phenoxy) is 1. The number of carbonyl (C=O) groups is 2. The predicted molar refractivity (Wildman–Crippen MR) is 153 cm³/mol. The molecule has 0 saturated heterocycles. The van der Waals surface area contributed by atoms with Gasteiger partial charge in [0, 0.05) is 34.9 Å². The van der Waals surface area contributed by atoms with E-state index in [4.69, 9.17) is 16.3 Å². The molecule has 0 bridgehead atoms. The van der Waals surface area contributed by atoms with Crippen molar-refractivity contribution < 1.29 is 14.3 Å². The van der Waals surface area contributed by atoms with Crippen LogP contribution in [0.5, 0.6) is 5.75 Å². The molecule has 5 nitrogen and oxygen atoms in total. The Morgan fingerprint density at radius 2 is 1.70 bits per heavy atom. The zero-order valence-corrected chi connectivity index (χ0v) is 23.7. The highest BCUT2D eigenvalue weighted by Crippen LogP contribution is 2.20. The molecule has 7 heteroatoms. The maximum atomic E-state index is 13.6. The van der Waals surface area contributed by atoms with E-state index >= 15 is 0 Å². The van der Waals surface area contributed by atoms with E-state index in [1.165, 1.54) is 0 Å². The Morgan fingerprint density at radius 3 is 2.38 bits per heavy atom. The zero-order chi connectivity index (χ0) is 26.6. The Kier molecular flexibility index (Phi) is 11.5. The number of carbonyl (C=O) groups excluding carboxylic acids is 2. The molecule has 0 fully saturated rings. The molecule has 0 heterocycles. The van der Waals surface area contributed by atoms with E-state index in [1.807, 2.05) is 68.4 Å². The molecule has 0 aliphatic carbocycles. The second-order valence-electron chi connectivity index (χ2n) is 9.08. The Balaban J connectivity index is 1.79. The Bertz CT molecular complexity index is 1140. The molecule has 3 aromatic rings. The van der Waals surface area contributed by atoms with Crippen LogP contribution in [0.3, 0.4) is 0 Å². The summed E-state index contributed by atoms with van der Waals surface area (Å²) in [5.74, 6) is 0.483. The number of rotatable bonds is 13. The summed E-state index contributed by atoms with van der Waals surface area (Å²) < 4.78 is 6.71. The molecule has 0 saturated carbocycles. The maximum absolute atomic E-state index is 13.6. The van der Waals surface area contributed by atoms with Crippen LogP contribution in [0.25, 0.3) is 0 Å². The van der Waals surface area contributed by atoms with E-state index in [-0.39, 0.29) is 24.3 Å².